The van der Waals surface area contributed by atoms with Gasteiger partial charge in [0.1, 0.15) is 0 Å². The van der Waals surface area contributed by atoms with E-state index in [2.05, 4.69) is 46.4 Å². The fraction of sp³-hybridized carbons (Fsp3) is 0.400. The van der Waals surface area contributed by atoms with Gasteiger partial charge >= 0.3 is 0 Å². The first kappa shape index (κ1) is 14.4. The van der Waals surface area contributed by atoms with Crippen LogP contribution in [0.15, 0.2) is 36.8 Å². The molecule has 1 heterocycles. The van der Waals surface area contributed by atoms with Crippen molar-refractivity contribution in [2.45, 2.75) is 13.5 Å². The van der Waals surface area contributed by atoms with Crippen LogP contribution in [0, 0.1) is 0 Å². The Morgan fingerprint density at radius 2 is 2.05 bits per heavy atom. The van der Waals surface area contributed by atoms with Crippen LogP contribution in [0.25, 0.3) is 0 Å². The summed E-state index contributed by atoms with van der Waals surface area (Å²) in [6, 6.07) is 8.27. The summed E-state index contributed by atoms with van der Waals surface area (Å²) in [5.41, 5.74) is 3.35. The van der Waals surface area contributed by atoms with Crippen LogP contribution in [-0.2, 0) is 13.6 Å². The van der Waals surface area contributed by atoms with Gasteiger partial charge in [0.2, 0.25) is 0 Å². The second-order valence-electron chi connectivity index (χ2n) is 4.70. The molecule has 0 bridgehead atoms. The van der Waals surface area contributed by atoms with Crippen LogP contribution in [0.3, 0.4) is 0 Å². The van der Waals surface area contributed by atoms with Gasteiger partial charge in [-0.1, -0.05) is 0 Å². The summed E-state index contributed by atoms with van der Waals surface area (Å²) < 4.78 is 2.00. The topological polar surface area (TPSA) is 53.3 Å². The highest BCUT2D eigenvalue weighted by molar-refractivity contribution is 5.55. The number of aliphatic hydroxyl groups is 1. The minimum atomic E-state index is 0.175. The van der Waals surface area contributed by atoms with Gasteiger partial charge in [-0.2, -0.15) is 0 Å². The molecule has 1 aromatic carbocycles. The molecule has 0 atom stereocenters. The molecule has 0 amide bonds. The molecule has 0 aliphatic rings. The van der Waals surface area contributed by atoms with Crippen LogP contribution in [0.1, 0.15) is 12.6 Å². The minimum absolute atomic E-state index is 0.175. The lowest BCUT2D eigenvalue weighted by molar-refractivity contribution is 0.302. The van der Waals surface area contributed by atoms with Crippen molar-refractivity contribution >= 4 is 11.4 Å². The molecule has 0 aliphatic carbocycles. The van der Waals surface area contributed by atoms with Gasteiger partial charge < -0.3 is 19.9 Å². The van der Waals surface area contributed by atoms with E-state index < -0.39 is 0 Å². The van der Waals surface area contributed by atoms with Crippen LogP contribution in [0.4, 0.5) is 11.4 Å². The van der Waals surface area contributed by atoms with E-state index in [0.29, 0.717) is 6.54 Å². The number of likely N-dealkylation sites (N-methyl/N-ethyl adjacent to an activating group) is 1. The van der Waals surface area contributed by atoms with Crippen LogP contribution >= 0.6 is 0 Å². The third-order valence-corrected chi connectivity index (χ3v) is 3.37. The first-order valence-corrected chi connectivity index (χ1v) is 6.89. The van der Waals surface area contributed by atoms with E-state index >= 15 is 0 Å². The smallest absolute Gasteiger partial charge is 0.0946 e. The summed E-state index contributed by atoms with van der Waals surface area (Å²) in [7, 11) is 1.99. The van der Waals surface area contributed by atoms with Crippen molar-refractivity contribution in [3.05, 3.63) is 42.5 Å². The molecule has 2 N–H and O–H groups in total. The summed E-state index contributed by atoms with van der Waals surface area (Å²) in [4.78, 5) is 6.24. The van der Waals surface area contributed by atoms with Crippen LogP contribution in [-0.4, -0.2) is 34.4 Å². The van der Waals surface area contributed by atoms with Gasteiger partial charge in [-0.3, -0.25) is 0 Å². The van der Waals surface area contributed by atoms with E-state index in [-0.39, 0.29) is 6.61 Å². The number of imidazole rings is 1. The minimum Gasteiger partial charge on any atom is -0.395 e. The zero-order valence-electron chi connectivity index (χ0n) is 12.1. The van der Waals surface area contributed by atoms with Crippen LogP contribution in [0.5, 0.6) is 0 Å². The molecule has 0 saturated heterocycles. The van der Waals surface area contributed by atoms with E-state index in [1.807, 2.05) is 17.8 Å². The Bertz CT molecular complexity index is 521. The number of hydrogen-bond acceptors (Lipinski definition) is 4. The van der Waals surface area contributed by atoms with Crippen molar-refractivity contribution in [1.29, 1.82) is 0 Å². The van der Waals surface area contributed by atoms with Gasteiger partial charge in [-0.25, -0.2) is 4.98 Å². The average Bonchev–Trinajstić information content (AvgIpc) is 2.89. The standard InChI is InChI=1S/C15H22N4O/c1-3-19(8-9-20)14-6-4-13(5-7-14)17-11-15-10-16-12-18(15)2/h4-7,10,12,17,20H,3,8-9,11H2,1-2H3. The lowest BCUT2D eigenvalue weighted by Gasteiger charge is -2.22. The number of rotatable bonds is 7. The molecule has 0 radical (unpaired) electrons. The molecule has 2 aromatic rings. The normalized spacial score (nSPS) is 10.6. The highest BCUT2D eigenvalue weighted by Gasteiger charge is 2.03. The predicted molar refractivity (Wildman–Crippen MR) is 81.9 cm³/mol. The number of benzene rings is 1. The van der Waals surface area contributed by atoms with Gasteiger partial charge in [-0.05, 0) is 31.2 Å². The number of nitrogens with zero attached hydrogens (tertiary/aromatic N) is 3. The van der Waals surface area contributed by atoms with E-state index in [0.717, 1.165) is 30.2 Å². The quantitative estimate of drug-likeness (QED) is 0.809. The first-order chi connectivity index (χ1) is 9.74. The lowest BCUT2D eigenvalue weighted by Crippen LogP contribution is -2.25. The molecule has 0 aliphatic heterocycles. The second-order valence-corrected chi connectivity index (χ2v) is 4.70. The molecule has 0 spiro atoms. The Labute approximate surface area is 119 Å². The summed E-state index contributed by atoms with van der Waals surface area (Å²) in [6.07, 6.45) is 3.66. The molecule has 2 rings (SSSR count). The zero-order chi connectivity index (χ0) is 14.4. The van der Waals surface area contributed by atoms with Crippen molar-refractivity contribution < 1.29 is 5.11 Å². The third kappa shape index (κ3) is 3.51. The molecular formula is C15H22N4O. The van der Waals surface area contributed by atoms with E-state index in [4.69, 9.17) is 5.11 Å². The number of aromatic nitrogens is 2. The van der Waals surface area contributed by atoms with Crippen molar-refractivity contribution in [2.75, 3.05) is 29.9 Å². The highest BCUT2D eigenvalue weighted by atomic mass is 16.3. The zero-order valence-corrected chi connectivity index (χ0v) is 12.1. The SMILES string of the molecule is CCN(CCO)c1ccc(NCc2cncn2C)cc1. The van der Waals surface area contributed by atoms with Gasteiger partial charge in [-0.15, -0.1) is 0 Å². The Kier molecular flexibility index (Phi) is 5.01. The van der Waals surface area contributed by atoms with Crippen molar-refractivity contribution in [3.8, 4) is 0 Å². The largest absolute Gasteiger partial charge is 0.395 e. The number of anilines is 2. The lowest BCUT2D eigenvalue weighted by atomic mass is 10.2. The fourth-order valence-corrected chi connectivity index (χ4v) is 2.13. The van der Waals surface area contributed by atoms with Gasteiger partial charge in [0.05, 0.1) is 25.2 Å². The Balaban J connectivity index is 1.96. The Morgan fingerprint density at radius 1 is 1.30 bits per heavy atom. The summed E-state index contributed by atoms with van der Waals surface area (Å²) in [5, 5.41) is 12.4. The summed E-state index contributed by atoms with van der Waals surface area (Å²) in [5.74, 6) is 0. The maximum absolute atomic E-state index is 9.04. The Hall–Kier alpha value is -2.01. The van der Waals surface area contributed by atoms with Gasteiger partial charge in [0, 0.05) is 37.7 Å². The molecule has 1 aromatic heterocycles. The van der Waals surface area contributed by atoms with Crippen molar-refractivity contribution in [1.82, 2.24) is 9.55 Å². The second kappa shape index (κ2) is 6.96. The number of hydrogen-bond donors (Lipinski definition) is 2. The highest BCUT2D eigenvalue weighted by Crippen LogP contribution is 2.18. The maximum atomic E-state index is 9.04. The van der Waals surface area contributed by atoms with E-state index in [1.54, 1.807) is 6.33 Å². The van der Waals surface area contributed by atoms with Gasteiger partial charge in [0.25, 0.3) is 0 Å². The number of nitrogens with one attached hydrogen (secondary N) is 1. The van der Waals surface area contributed by atoms with E-state index in [1.165, 1.54) is 0 Å². The molecule has 5 heteroatoms. The molecular weight excluding hydrogens is 252 g/mol. The van der Waals surface area contributed by atoms with Crippen LogP contribution in [0.2, 0.25) is 0 Å². The molecule has 0 fully saturated rings. The van der Waals surface area contributed by atoms with Gasteiger partial charge in [0.15, 0.2) is 0 Å². The van der Waals surface area contributed by atoms with Crippen LogP contribution < -0.4 is 10.2 Å². The third-order valence-electron chi connectivity index (χ3n) is 3.37. The Morgan fingerprint density at radius 3 is 2.60 bits per heavy atom. The molecule has 20 heavy (non-hydrogen) atoms. The van der Waals surface area contributed by atoms with E-state index in [9.17, 15) is 0 Å². The number of aryl methyl sites for hydroxylation is 1. The fourth-order valence-electron chi connectivity index (χ4n) is 2.13. The molecule has 0 unspecified atom stereocenters. The molecule has 5 nitrogen and oxygen atoms in total. The summed E-state index contributed by atoms with van der Waals surface area (Å²) >= 11 is 0. The first-order valence-electron chi connectivity index (χ1n) is 6.89. The average molecular weight is 274 g/mol. The monoisotopic (exact) mass is 274 g/mol. The maximum Gasteiger partial charge on any atom is 0.0946 e. The molecule has 108 valence electrons. The number of aliphatic hydroxyl groups excluding tert-OH is 1. The van der Waals surface area contributed by atoms with Crippen molar-refractivity contribution in [3.63, 3.8) is 0 Å². The summed E-state index contributed by atoms with van der Waals surface area (Å²) in [6.45, 7) is 4.57. The molecule has 0 saturated carbocycles. The van der Waals surface area contributed by atoms with Crippen molar-refractivity contribution in [2.24, 2.45) is 7.05 Å². The predicted octanol–water partition coefficient (Wildman–Crippen LogP) is 1.85.